The molecule has 17 heteroatoms. The summed E-state index contributed by atoms with van der Waals surface area (Å²) in [5, 5.41) is 91.8. The topological polar surface area (TPSA) is 273 Å². The molecule has 0 amide bonds. The zero-order valence-corrected chi connectivity index (χ0v) is 20.1. The van der Waals surface area contributed by atoms with Crippen molar-refractivity contribution in [1.29, 1.82) is 0 Å². The number of hydrogen-bond donors (Lipinski definition) is 10. The highest BCUT2D eigenvalue weighted by Crippen LogP contribution is 2.38. The molecule has 3 aliphatic rings. The Hall–Kier alpha value is -0.680. The average Bonchev–Trinajstić information content (AvgIpc) is 3.26. The Bertz CT molecular complexity index is 720. The molecule has 0 spiro atoms. The zero-order valence-electron chi connectivity index (χ0n) is 20.1. The third kappa shape index (κ3) is 6.08. The van der Waals surface area contributed by atoms with Crippen LogP contribution in [-0.2, 0) is 33.2 Å². The standard InChI is InChI=1S/C20H37NO16/c1-2-33-20(30)15(29)13(35-17-11(26)10(25)9(24)8(5-22)34-17)18(37-20)32-7-19(6-23)14(28)12(27)16(36-19)31-4-3-21/h8-18,22-30H,2-7,21H2,1H3/t8?,9-,10?,11?,12?,13?,14+,15?,16-,17+,18+,19?,20-/m1/s1. The SMILES string of the molecule is CCO[C@@]1(O)O[C@H](OCC2(CO)O[C@@H](OCCN)C(O)[C@@H]2O)C(O[C@@H]2OC(CO)[C@@H](O)C(O)C2O)C1O. The van der Waals surface area contributed by atoms with Crippen LogP contribution < -0.4 is 5.73 Å². The van der Waals surface area contributed by atoms with Crippen LogP contribution in [0.4, 0.5) is 0 Å². The van der Waals surface area contributed by atoms with E-state index < -0.39 is 99.1 Å². The van der Waals surface area contributed by atoms with Crippen LogP contribution in [0.1, 0.15) is 6.92 Å². The second-order valence-electron chi connectivity index (χ2n) is 8.91. The minimum absolute atomic E-state index is 0.0227. The van der Waals surface area contributed by atoms with Gasteiger partial charge in [-0.15, -0.1) is 0 Å². The molecule has 11 N–H and O–H groups in total. The van der Waals surface area contributed by atoms with Gasteiger partial charge in [-0.25, -0.2) is 0 Å². The predicted molar refractivity (Wildman–Crippen MR) is 114 cm³/mol. The summed E-state index contributed by atoms with van der Waals surface area (Å²) in [5.74, 6) is -2.67. The van der Waals surface area contributed by atoms with Crippen molar-refractivity contribution in [1.82, 2.24) is 0 Å². The smallest absolute Gasteiger partial charge is 0.313 e. The number of ether oxygens (including phenoxy) is 7. The Balaban J connectivity index is 1.78. The fourth-order valence-electron chi connectivity index (χ4n) is 4.25. The molecule has 13 atom stereocenters. The highest BCUT2D eigenvalue weighted by molar-refractivity contribution is 5.01. The molecule has 0 aromatic heterocycles. The van der Waals surface area contributed by atoms with Gasteiger partial charge in [-0.2, -0.15) is 0 Å². The van der Waals surface area contributed by atoms with E-state index in [4.69, 9.17) is 38.9 Å². The van der Waals surface area contributed by atoms with Crippen LogP contribution in [-0.4, -0.2) is 165 Å². The van der Waals surface area contributed by atoms with Gasteiger partial charge in [0.25, 0.3) is 0 Å². The van der Waals surface area contributed by atoms with Gasteiger partial charge in [0, 0.05) is 13.2 Å². The first-order chi connectivity index (χ1) is 17.5. The summed E-state index contributed by atoms with van der Waals surface area (Å²) in [6.45, 7) is -0.891. The minimum Gasteiger partial charge on any atom is -0.394 e. The minimum atomic E-state index is -2.67. The van der Waals surface area contributed by atoms with Crippen LogP contribution >= 0.6 is 0 Å². The number of nitrogens with two attached hydrogens (primary N) is 1. The molecule has 3 heterocycles. The molecule has 7 unspecified atom stereocenters. The van der Waals surface area contributed by atoms with E-state index in [1.165, 1.54) is 6.92 Å². The van der Waals surface area contributed by atoms with Crippen molar-refractivity contribution in [3.63, 3.8) is 0 Å². The first kappa shape index (κ1) is 30.9. The van der Waals surface area contributed by atoms with E-state index in [1.54, 1.807) is 0 Å². The van der Waals surface area contributed by atoms with E-state index in [0.29, 0.717) is 0 Å². The van der Waals surface area contributed by atoms with E-state index in [-0.39, 0.29) is 19.8 Å². The average molecular weight is 548 g/mol. The van der Waals surface area contributed by atoms with Gasteiger partial charge in [0.05, 0.1) is 26.4 Å². The lowest BCUT2D eigenvalue weighted by molar-refractivity contribution is -0.393. The van der Waals surface area contributed by atoms with Crippen molar-refractivity contribution in [3.8, 4) is 0 Å². The van der Waals surface area contributed by atoms with Gasteiger partial charge in [-0.1, -0.05) is 0 Å². The number of aliphatic hydroxyl groups excluding tert-OH is 8. The summed E-state index contributed by atoms with van der Waals surface area (Å²) in [6, 6.07) is 0. The highest BCUT2D eigenvalue weighted by atomic mass is 16.9. The van der Waals surface area contributed by atoms with Crippen molar-refractivity contribution >= 4 is 0 Å². The Morgan fingerprint density at radius 3 is 2.14 bits per heavy atom. The summed E-state index contributed by atoms with van der Waals surface area (Å²) >= 11 is 0. The first-order valence-corrected chi connectivity index (χ1v) is 11.7. The van der Waals surface area contributed by atoms with Gasteiger partial charge < -0.3 is 80.1 Å². The van der Waals surface area contributed by atoms with E-state index in [2.05, 4.69) is 0 Å². The summed E-state index contributed by atoms with van der Waals surface area (Å²) in [6.07, 6.45) is -18.5. The van der Waals surface area contributed by atoms with Crippen molar-refractivity contribution in [2.45, 2.75) is 86.2 Å². The van der Waals surface area contributed by atoms with Crippen LogP contribution in [0.25, 0.3) is 0 Å². The second-order valence-corrected chi connectivity index (χ2v) is 8.91. The number of aliphatic hydroxyl groups is 9. The molecule has 0 aromatic rings. The van der Waals surface area contributed by atoms with Crippen LogP contribution in [0.15, 0.2) is 0 Å². The normalized spacial score (nSPS) is 48.6. The Kier molecular flexibility index (Phi) is 10.6. The fraction of sp³-hybridized carbons (Fsp3) is 1.00. The largest absolute Gasteiger partial charge is 0.394 e. The molecule has 3 saturated heterocycles. The molecule has 0 saturated carbocycles. The molecule has 0 radical (unpaired) electrons. The van der Waals surface area contributed by atoms with E-state index in [9.17, 15) is 46.0 Å². The molecule has 3 fully saturated rings. The van der Waals surface area contributed by atoms with Crippen LogP contribution in [0, 0.1) is 0 Å². The zero-order chi connectivity index (χ0) is 27.5. The quantitative estimate of drug-likeness (QED) is 0.102. The van der Waals surface area contributed by atoms with Crippen LogP contribution in [0.2, 0.25) is 0 Å². The Morgan fingerprint density at radius 1 is 0.838 bits per heavy atom. The van der Waals surface area contributed by atoms with Crippen LogP contribution in [0.3, 0.4) is 0 Å². The molecular formula is C20H37NO16. The molecule has 37 heavy (non-hydrogen) atoms. The van der Waals surface area contributed by atoms with Crippen LogP contribution in [0.5, 0.6) is 0 Å². The molecule has 218 valence electrons. The third-order valence-electron chi connectivity index (χ3n) is 6.38. The Morgan fingerprint density at radius 2 is 1.54 bits per heavy atom. The second kappa shape index (κ2) is 12.7. The highest BCUT2D eigenvalue weighted by Gasteiger charge is 2.61. The van der Waals surface area contributed by atoms with Gasteiger partial charge >= 0.3 is 5.97 Å². The molecule has 3 rings (SSSR count). The van der Waals surface area contributed by atoms with E-state index in [1.807, 2.05) is 0 Å². The van der Waals surface area contributed by atoms with Crippen molar-refractivity contribution in [2.24, 2.45) is 5.73 Å². The maximum absolute atomic E-state index is 10.7. The van der Waals surface area contributed by atoms with Gasteiger partial charge in [0.2, 0.25) is 0 Å². The first-order valence-electron chi connectivity index (χ1n) is 11.7. The number of hydrogen-bond acceptors (Lipinski definition) is 17. The lowest BCUT2D eigenvalue weighted by Crippen LogP contribution is -2.61. The molecule has 0 bridgehead atoms. The molecule has 0 aliphatic carbocycles. The van der Waals surface area contributed by atoms with E-state index in [0.717, 1.165) is 0 Å². The van der Waals surface area contributed by atoms with Crippen molar-refractivity contribution < 1.29 is 79.1 Å². The Labute approximate surface area is 211 Å². The number of rotatable bonds is 12. The molecule has 0 aromatic carbocycles. The maximum atomic E-state index is 10.7. The van der Waals surface area contributed by atoms with Crippen molar-refractivity contribution in [3.05, 3.63) is 0 Å². The monoisotopic (exact) mass is 547 g/mol. The summed E-state index contributed by atoms with van der Waals surface area (Å²) in [5.41, 5.74) is 3.43. The fourth-order valence-corrected chi connectivity index (χ4v) is 4.25. The van der Waals surface area contributed by atoms with Gasteiger partial charge in [-0.3, -0.25) is 4.74 Å². The molecular weight excluding hydrogens is 510 g/mol. The lowest BCUT2D eigenvalue weighted by Gasteiger charge is -2.41. The summed E-state index contributed by atoms with van der Waals surface area (Å²) in [7, 11) is 0. The summed E-state index contributed by atoms with van der Waals surface area (Å²) in [4.78, 5) is 0. The predicted octanol–water partition coefficient (Wildman–Crippen LogP) is -6.63. The lowest BCUT2D eigenvalue weighted by atomic mass is 9.97. The molecule has 3 aliphatic heterocycles. The van der Waals surface area contributed by atoms with E-state index >= 15 is 0 Å². The van der Waals surface area contributed by atoms with Gasteiger partial charge in [0.1, 0.15) is 48.3 Å². The molecule has 17 nitrogen and oxygen atoms in total. The van der Waals surface area contributed by atoms with Gasteiger partial charge in [0.15, 0.2) is 25.0 Å². The summed E-state index contributed by atoms with van der Waals surface area (Å²) < 4.78 is 37.5. The maximum Gasteiger partial charge on any atom is 0.313 e. The third-order valence-corrected chi connectivity index (χ3v) is 6.38. The van der Waals surface area contributed by atoms with Crippen molar-refractivity contribution in [2.75, 3.05) is 39.6 Å². The van der Waals surface area contributed by atoms with Gasteiger partial charge in [-0.05, 0) is 6.92 Å².